The lowest BCUT2D eigenvalue weighted by Crippen LogP contribution is -2.61. The molecule has 73 heavy (non-hydrogen) atoms. The summed E-state index contributed by atoms with van der Waals surface area (Å²) in [4.78, 5) is 34.4. The van der Waals surface area contributed by atoms with Crippen LogP contribution in [0.25, 0.3) is 0 Å². The number of carbonyl (C=O) groups is 2. The number of rotatable bonds is 16. The minimum absolute atomic E-state index is 0.0167. The lowest BCUT2D eigenvalue weighted by molar-refractivity contribution is -0.318. The average molecular weight is 1040 g/mol. The van der Waals surface area contributed by atoms with Gasteiger partial charge in [-0.05, 0) is 114 Å². The number of carbonyl (C=O) groups excluding carboxylic acids is 2. The highest BCUT2D eigenvalue weighted by Crippen LogP contribution is 2.41. The monoisotopic (exact) mass is 1040 g/mol. The zero-order valence-corrected chi connectivity index (χ0v) is 46.6. The third-order valence-corrected chi connectivity index (χ3v) is 17.0. The van der Waals surface area contributed by atoms with E-state index in [1.165, 1.54) is 14.0 Å². The first-order chi connectivity index (χ1) is 34.0. The smallest absolute Gasteiger partial charge is 0.311 e. The number of aliphatic hydroxyl groups excluding tert-OH is 4. The molecule has 18 heteroatoms. The summed E-state index contributed by atoms with van der Waals surface area (Å²) in [6.07, 6.45) is -9.94. The lowest BCUT2D eigenvalue weighted by Gasteiger charge is -2.49. The Labute approximate surface area is 435 Å². The molecule has 4 aliphatic heterocycles. The van der Waals surface area contributed by atoms with Crippen molar-refractivity contribution in [3.05, 3.63) is 35.9 Å². The summed E-state index contributed by atoms with van der Waals surface area (Å²) < 4.78 is 44.6. The lowest BCUT2D eigenvalue weighted by atomic mass is 9.77. The number of cyclic esters (lactones) is 1. The molecule has 0 spiro atoms. The molecule has 0 aromatic heterocycles. The summed E-state index contributed by atoms with van der Waals surface area (Å²) in [7, 11) is 7.10. The van der Waals surface area contributed by atoms with Gasteiger partial charge in [0.2, 0.25) is 0 Å². The van der Waals surface area contributed by atoms with Crippen molar-refractivity contribution in [3.8, 4) is 0 Å². The number of aliphatic hydroxyl groups is 6. The van der Waals surface area contributed by atoms with Gasteiger partial charge in [-0.25, -0.2) is 0 Å². The normalized spacial score (nSPS) is 43.0. The van der Waals surface area contributed by atoms with Crippen molar-refractivity contribution in [2.75, 3.05) is 47.9 Å². The van der Waals surface area contributed by atoms with Gasteiger partial charge in [-0.1, -0.05) is 51.1 Å². The second-order valence-corrected chi connectivity index (χ2v) is 23.4. The summed E-state index contributed by atoms with van der Waals surface area (Å²) in [5.41, 5.74) is -3.55. The second-order valence-electron chi connectivity index (χ2n) is 23.4. The van der Waals surface area contributed by atoms with Gasteiger partial charge in [-0.2, -0.15) is 0 Å². The molecular formula is C55H95N3O15. The molecular weight excluding hydrogens is 943 g/mol. The molecule has 18 nitrogen and oxygen atoms in total. The Bertz CT molecular complexity index is 1880. The maximum absolute atomic E-state index is 14.5. The molecule has 1 aromatic rings. The number of esters is 1. The predicted molar refractivity (Wildman–Crippen MR) is 274 cm³/mol. The first kappa shape index (κ1) is 61.6. The molecule has 4 heterocycles. The highest BCUT2D eigenvalue weighted by Gasteiger charge is 2.53. The molecule has 0 radical (unpaired) electrons. The number of ether oxygens (including phenoxy) is 7. The standard InChI is InChI=1S/C55H95N3O15/c1-16-44-55(11,66)48(62)35(6)56(12)27-31(2)25-53(9,65)50(33(4)47(34(5)51(64)71-44)72-45-26-54(10,67-15)49(63)37(8)70-45)73-52-46(61)42(22-32(3)69-52)57(13)28-39(36(7)59)23-43(60)41-24-40(29-58(41)14)68-30-38-20-18-17-19-21-38/h17-21,31-37,39-42,44-50,52,59,61-63,65-66H,16,22-30H2,1-15H3/t31-,32-,33+,34-,35-,36+,37+,39?,40-,41+,42+,44-,45+,46-,47+,48-,49+,50-,52+,53-,54-,55-/m1/s1. The molecule has 0 aliphatic carbocycles. The van der Waals surface area contributed by atoms with E-state index in [2.05, 4.69) is 0 Å². The summed E-state index contributed by atoms with van der Waals surface area (Å²) >= 11 is 0. The van der Waals surface area contributed by atoms with Crippen LogP contribution in [0, 0.1) is 23.7 Å². The molecule has 4 saturated heterocycles. The minimum Gasteiger partial charge on any atom is -0.459 e. The van der Waals surface area contributed by atoms with Gasteiger partial charge in [0, 0.05) is 63.5 Å². The van der Waals surface area contributed by atoms with E-state index >= 15 is 0 Å². The Morgan fingerprint density at radius 2 is 1.58 bits per heavy atom. The summed E-state index contributed by atoms with van der Waals surface area (Å²) in [6.45, 7) is 20.8. The van der Waals surface area contributed by atoms with Gasteiger partial charge in [0.15, 0.2) is 12.6 Å². The van der Waals surface area contributed by atoms with E-state index in [0.717, 1.165) is 5.56 Å². The zero-order chi connectivity index (χ0) is 54.5. The quantitative estimate of drug-likeness (QED) is 0.130. The molecule has 0 amide bonds. The second kappa shape index (κ2) is 25.9. The van der Waals surface area contributed by atoms with Gasteiger partial charge in [0.05, 0.1) is 66.4 Å². The van der Waals surface area contributed by atoms with Crippen LogP contribution in [0.15, 0.2) is 30.3 Å². The SMILES string of the molecule is CC[C@H]1OC(=O)[C@H](C)[C@@H](O[C@H]2C[C@@](C)(OC)[C@@H](O)[C@H](C)O2)[C@H](C)[C@@H](O[C@@H]2O[C@H](C)C[C@H](N(C)CC(CC(=O)[C@@H]3C[C@@H](OCc4ccccc4)CN3C)[C@H](C)O)[C@H]2O)[C@](C)(O)C[C@@H](C)CN(C)[C@H](C)[C@@H](O)[C@]1(C)O. The highest BCUT2D eigenvalue weighted by molar-refractivity contribution is 5.84. The van der Waals surface area contributed by atoms with E-state index < -0.39 is 120 Å². The fourth-order valence-electron chi connectivity index (χ4n) is 12.2. The maximum atomic E-state index is 14.5. The molecule has 22 atom stereocenters. The topological polar surface area (TPSA) is 230 Å². The largest absolute Gasteiger partial charge is 0.459 e. The van der Waals surface area contributed by atoms with Crippen LogP contribution in [-0.2, 0) is 49.4 Å². The molecule has 0 bridgehead atoms. The molecule has 4 fully saturated rings. The molecule has 4 aliphatic rings. The first-order valence-corrected chi connectivity index (χ1v) is 26.9. The van der Waals surface area contributed by atoms with E-state index in [9.17, 15) is 40.2 Å². The van der Waals surface area contributed by atoms with Crippen LogP contribution in [0.1, 0.15) is 120 Å². The van der Waals surface area contributed by atoms with E-state index in [0.29, 0.717) is 32.5 Å². The molecule has 420 valence electrons. The van der Waals surface area contributed by atoms with Gasteiger partial charge < -0.3 is 73.6 Å². The van der Waals surface area contributed by atoms with Gasteiger partial charge in [-0.15, -0.1) is 0 Å². The summed E-state index contributed by atoms with van der Waals surface area (Å²) in [5, 5.41) is 71.1. The van der Waals surface area contributed by atoms with Crippen LogP contribution in [0.3, 0.4) is 0 Å². The Balaban J connectivity index is 1.43. The Morgan fingerprint density at radius 1 is 0.918 bits per heavy atom. The predicted octanol–water partition coefficient (Wildman–Crippen LogP) is 3.52. The maximum Gasteiger partial charge on any atom is 0.311 e. The van der Waals surface area contributed by atoms with Crippen LogP contribution in [0.4, 0.5) is 0 Å². The molecule has 1 aromatic carbocycles. The van der Waals surface area contributed by atoms with Crippen molar-refractivity contribution in [3.63, 3.8) is 0 Å². The van der Waals surface area contributed by atoms with Gasteiger partial charge in [-0.3, -0.25) is 14.5 Å². The third kappa shape index (κ3) is 15.1. The van der Waals surface area contributed by atoms with E-state index in [4.69, 9.17) is 33.2 Å². The van der Waals surface area contributed by atoms with Crippen molar-refractivity contribution < 1.29 is 73.4 Å². The van der Waals surface area contributed by atoms with Crippen molar-refractivity contribution in [1.29, 1.82) is 0 Å². The van der Waals surface area contributed by atoms with Crippen molar-refractivity contribution in [2.24, 2.45) is 23.7 Å². The molecule has 5 rings (SSSR count). The molecule has 6 N–H and O–H groups in total. The Kier molecular flexibility index (Phi) is 21.9. The molecule has 0 saturated carbocycles. The van der Waals surface area contributed by atoms with Crippen molar-refractivity contribution >= 4 is 11.8 Å². The van der Waals surface area contributed by atoms with Gasteiger partial charge in [0.25, 0.3) is 0 Å². The Hall–Kier alpha value is -2.24. The number of Topliss-reactive ketones (excluding diaryl/α,β-unsaturated/α-hetero) is 1. The van der Waals surface area contributed by atoms with Gasteiger partial charge >= 0.3 is 5.97 Å². The Morgan fingerprint density at radius 3 is 2.19 bits per heavy atom. The van der Waals surface area contributed by atoms with E-state index in [-0.39, 0.29) is 56.1 Å². The average Bonchev–Trinajstić information content (AvgIpc) is 3.71. The van der Waals surface area contributed by atoms with E-state index in [1.54, 1.807) is 55.4 Å². The highest BCUT2D eigenvalue weighted by atomic mass is 16.7. The minimum atomic E-state index is -1.85. The van der Waals surface area contributed by atoms with Crippen LogP contribution in [-0.4, -0.2) is 214 Å². The summed E-state index contributed by atoms with van der Waals surface area (Å²) in [6, 6.07) is 8.41. The van der Waals surface area contributed by atoms with Crippen LogP contribution < -0.4 is 0 Å². The van der Waals surface area contributed by atoms with Crippen molar-refractivity contribution in [1.82, 2.24) is 14.7 Å². The first-order valence-electron chi connectivity index (χ1n) is 26.9. The van der Waals surface area contributed by atoms with Crippen molar-refractivity contribution in [2.45, 2.75) is 230 Å². The number of nitrogens with zero attached hydrogens (tertiary/aromatic N) is 3. The number of hydrogen-bond acceptors (Lipinski definition) is 18. The fraction of sp³-hybridized carbons (Fsp3) is 0.855. The number of likely N-dealkylation sites (tertiary alicyclic amines) is 1. The number of benzene rings is 1. The number of likely N-dealkylation sites (N-methyl/N-ethyl adjacent to an activating group) is 3. The van der Waals surface area contributed by atoms with Crippen LogP contribution >= 0.6 is 0 Å². The van der Waals surface area contributed by atoms with Crippen LogP contribution in [0.5, 0.6) is 0 Å². The van der Waals surface area contributed by atoms with E-state index in [1.807, 2.05) is 80.0 Å². The summed E-state index contributed by atoms with van der Waals surface area (Å²) in [5.74, 6) is -3.35. The van der Waals surface area contributed by atoms with Crippen LogP contribution in [0.2, 0.25) is 0 Å². The number of hydrogen-bond donors (Lipinski definition) is 6. The fourth-order valence-corrected chi connectivity index (χ4v) is 12.2. The zero-order valence-electron chi connectivity index (χ0n) is 46.6. The third-order valence-electron chi connectivity index (χ3n) is 17.0. The molecule has 1 unspecified atom stereocenters. The van der Waals surface area contributed by atoms with Gasteiger partial charge in [0.1, 0.15) is 35.8 Å². The number of ketones is 1. The number of methoxy groups -OCH3 is 1.